The smallest absolute Gasteiger partial charge is 0.321 e. The molecule has 0 saturated carbocycles. The minimum atomic E-state index is -3.95. The van der Waals surface area contributed by atoms with Crippen molar-refractivity contribution in [1.29, 1.82) is 5.26 Å². The topological polar surface area (TPSA) is 117 Å². The molecule has 162 valence electrons. The Morgan fingerprint density at radius 1 is 1.23 bits per heavy atom. The summed E-state index contributed by atoms with van der Waals surface area (Å²) in [5.41, 5.74) is 1.10. The molecule has 0 unspecified atom stereocenters. The van der Waals surface area contributed by atoms with Gasteiger partial charge in [0.05, 0.1) is 22.2 Å². The Kier molecular flexibility index (Phi) is 7.33. The Labute approximate surface area is 185 Å². The molecule has 31 heavy (non-hydrogen) atoms. The molecule has 0 aliphatic carbocycles. The molecule has 1 atom stereocenters. The van der Waals surface area contributed by atoms with Crippen LogP contribution in [0.2, 0.25) is 0 Å². The number of esters is 1. The second kappa shape index (κ2) is 9.96. The summed E-state index contributed by atoms with van der Waals surface area (Å²) in [5, 5.41) is 9.13. The Balaban J connectivity index is 1.56. The zero-order chi connectivity index (χ0) is 22.4. The van der Waals surface area contributed by atoms with Gasteiger partial charge in [0, 0.05) is 16.7 Å². The van der Waals surface area contributed by atoms with Crippen molar-refractivity contribution in [3.05, 3.63) is 54.1 Å². The highest BCUT2D eigenvalue weighted by Gasteiger charge is 2.25. The zero-order valence-electron chi connectivity index (χ0n) is 16.8. The van der Waals surface area contributed by atoms with E-state index in [0.29, 0.717) is 17.4 Å². The lowest BCUT2D eigenvalue weighted by Crippen LogP contribution is -2.37. The maximum atomic E-state index is 12.7. The molecule has 10 heteroatoms. The summed E-state index contributed by atoms with van der Waals surface area (Å²) >= 11 is 1.69. The highest BCUT2D eigenvalue weighted by molar-refractivity contribution is 8.00. The van der Waals surface area contributed by atoms with Crippen LogP contribution >= 0.6 is 11.8 Å². The molecule has 0 spiro atoms. The number of carbonyl (C=O) groups is 2. The van der Waals surface area contributed by atoms with Crippen LogP contribution in [0.1, 0.15) is 18.9 Å². The van der Waals surface area contributed by atoms with Crippen molar-refractivity contribution in [2.45, 2.75) is 28.4 Å². The van der Waals surface area contributed by atoms with E-state index in [4.69, 9.17) is 10.00 Å². The van der Waals surface area contributed by atoms with Crippen LogP contribution in [0.4, 0.5) is 5.69 Å². The number of anilines is 1. The third-order valence-electron chi connectivity index (χ3n) is 4.60. The number of amides is 1. The van der Waals surface area contributed by atoms with Gasteiger partial charge in [-0.3, -0.25) is 9.59 Å². The minimum Gasteiger partial charge on any atom is -0.455 e. The second-order valence-corrected chi connectivity index (χ2v) is 10.1. The van der Waals surface area contributed by atoms with Crippen LogP contribution in [0.15, 0.2) is 58.3 Å². The van der Waals surface area contributed by atoms with E-state index in [-0.39, 0.29) is 10.8 Å². The number of ether oxygens (including phenoxy) is 1. The number of nitriles is 1. The molecule has 1 amide bonds. The summed E-state index contributed by atoms with van der Waals surface area (Å²) in [6.45, 7) is 1.51. The van der Waals surface area contributed by atoms with E-state index in [1.165, 1.54) is 24.3 Å². The number of rotatable bonds is 6. The van der Waals surface area contributed by atoms with E-state index < -0.39 is 29.1 Å². The van der Waals surface area contributed by atoms with Gasteiger partial charge in [-0.2, -0.15) is 9.98 Å². The molecule has 0 radical (unpaired) electrons. The first kappa shape index (κ1) is 22.8. The highest BCUT2D eigenvalue weighted by atomic mass is 32.2. The third-order valence-corrected chi connectivity index (χ3v) is 7.26. The van der Waals surface area contributed by atoms with Gasteiger partial charge in [-0.1, -0.05) is 19.1 Å². The van der Waals surface area contributed by atoms with E-state index >= 15 is 0 Å². The fourth-order valence-corrected chi connectivity index (χ4v) is 5.04. The van der Waals surface area contributed by atoms with Crippen molar-refractivity contribution in [2.24, 2.45) is 0 Å². The number of sulfonamides is 1. The van der Waals surface area contributed by atoms with Crippen LogP contribution < -0.4 is 9.62 Å². The monoisotopic (exact) mass is 459 g/mol. The van der Waals surface area contributed by atoms with E-state index in [2.05, 4.69) is 11.6 Å². The molecular formula is C21H21N3O5S2. The SMILES string of the molecule is C[C@@H]1CCN(C(=O)COC(=O)CNS(=O)(=O)c2ccc(C#N)cc2)c2ccccc2S1. The molecule has 1 aliphatic heterocycles. The maximum Gasteiger partial charge on any atom is 0.321 e. The predicted octanol–water partition coefficient (Wildman–Crippen LogP) is 2.30. The predicted molar refractivity (Wildman–Crippen MR) is 116 cm³/mol. The fourth-order valence-electron chi connectivity index (χ4n) is 2.96. The van der Waals surface area contributed by atoms with E-state index in [0.717, 1.165) is 17.0 Å². The summed E-state index contributed by atoms with van der Waals surface area (Å²) < 4.78 is 31.6. The van der Waals surface area contributed by atoms with Gasteiger partial charge < -0.3 is 9.64 Å². The van der Waals surface area contributed by atoms with Crippen LogP contribution in [0.5, 0.6) is 0 Å². The van der Waals surface area contributed by atoms with Crippen molar-refractivity contribution in [2.75, 3.05) is 24.6 Å². The summed E-state index contributed by atoms with van der Waals surface area (Å²) in [4.78, 5) is 27.2. The Morgan fingerprint density at radius 3 is 2.65 bits per heavy atom. The fraction of sp³-hybridized carbons (Fsp3) is 0.286. The van der Waals surface area contributed by atoms with Crippen molar-refractivity contribution in [3.8, 4) is 6.07 Å². The molecule has 0 saturated heterocycles. The van der Waals surface area contributed by atoms with Gasteiger partial charge in [-0.25, -0.2) is 8.42 Å². The Bertz CT molecular complexity index is 1110. The number of para-hydroxylation sites is 1. The maximum absolute atomic E-state index is 12.7. The molecule has 0 fully saturated rings. The first-order chi connectivity index (χ1) is 14.8. The van der Waals surface area contributed by atoms with Gasteiger partial charge in [0.15, 0.2) is 6.61 Å². The number of nitrogens with one attached hydrogen (secondary N) is 1. The lowest BCUT2D eigenvalue weighted by atomic mass is 10.2. The van der Waals surface area contributed by atoms with Crippen LogP contribution in [0.25, 0.3) is 0 Å². The second-order valence-electron chi connectivity index (χ2n) is 6.85. The number of thioether (sulfide) groups is 1. The van der Waals surface area contributed by atoms with Gasteiger partial charge >= 0.3 is 5.97 Å². The number of carbonyl (C=O) groups excluding carboxylic acids is 2. The van der Waals surface area contributed by atoms with Crippen molar-refractivity contribution in [1.82, 2.24) is 4.72 Å². The molecule has 0 aromatic heterocycles. The molecule has 1 aliphatic rings. The summed E-state index contributed by atoms with van der Waals surface area (Å²) in [6, 6.07) is 14.7. The van der Waals surface area contributed by atoms with Crippen LogP contribution in [0.3, 0.4) is 0 Å². The molecule has 1 heterocycles. The highest BCUT2D eigenvalue weighted by Crippen LogP contribution is 2.37. The van der Waals surface area contributed by atoms with Gasteiger partial charge in [0.2, 0.25) is 10.0 Å². The van der Waals surface area contributed by atoms with Gasteiger partial charge in [-0.05, 0) is 42.8 Å². The number of fused-ring (bicyclic) bond motifs is 1. The molecule has 2 aromatic carbocycles. The quantitative estimate of drug-likeness (QED) is 0.659. The average Bonchev–Trinajstić information content (AvgIpc) is 2.94. The first-order valence-corrected chi connectivity index (χ1v) is 11.9. The number of nitrogens with zero attached hydrogens (tertiary/aromatic N) is 2. The molecule has 2 aromatic rings. The third kappa shape index (κ3) is 5.85. The van der Waals surface area contributed by atoms with Crippen molar-refractivity contribution < 1.29 is 22.7 Å². The van der Waals surface area contributed by atoms with Gasteiger partial charge in [0.1, 0.15) is 6.54 Å². The molecule has 1 N–H and O–H groups in total. The van der Waals surface area contributed by atoms with E-state index in [1.54, 1.807) is 16.7 Å². The first-order valence-electron chi connectivity index (χ1n) is 9.51. The van der Waals surface area contributed by atoms with Crippen LogP contribution in [0, 0.1) is 11.3 Å². The minimum absolute atomic E-state index is 0.0804. The lowest BCUT2D eigenvalue weighted by molar-refractivity contribution is -0.146. The molecule has 3 rings (SSSR count). The van der Waals surface area contributed by atoms with Gasteiger partial charge in [-0.15, -0.1) is 11.8 Å². The van der Waals surface area contributed by atoms with Crippen molar-refractivity contribution in [3.63, 3.8) is 0 Å². The normalized spacial score (nSPS) is 16.0. The summed E-state index contributed by atoms with van der Waals surface area (Å²) in [6.07, 6.45) is 0.795. The summed E-state index contributed by atoms with van der Waals surface area (Å²) in [5.74, 6) is -1.23. The van der Waals surface area contributed by atoms with E-state index in [9.17, 15) is 18.0 Å². The average molecular weight is 460 g/mol. The molecular weight excluding hydrogens is 438 g/mol. The lowest BCUT2D eigenvalue weighted by Gasteiger charge is -2.22. The standard InChI is InChI=1S/C21H21N3O5S2/c1-15-10-11-24(18-4-2-3-5-19(18)30-15)20(25)14-29-21(26)13-23-31(27,28)17-8-6-16(12-22)7-9-17/h2-9,15,23H,10-11,13-14H2,1H3/t15-/m1/s1. The molecule has 0 bridgehead atoms. The van der Waals surface area contributed by atoms with Crippen LogP contribution in [-0.4, -0.2) is 45.2 Å². The Morgan fingerprint density at radius 2 is 1.94 bits per heavy atom. The number of hydrogen-bond donors (Lipinski definition) is 1. The Hall–Kier alpha value is -2.87. The largest absolute Gasteiger partial charge is 0.455 e. The van der Waals surface area contributed by atoms with Crippen LogP contribution in [-0.2, 0) is 24.3 Å². The molecule has 8 nitrogen and oxygen atoms in total. The van der Waals surface area contributed by atoms with Gasteiger partial charge in [0.25, 0.3) is 5.91 Å². The van der Waals surface area contributed by atoms with Crippen molar-refractivity contribution >= 4 is 39.3 Å². The number of benzene rings is 2. The summed E-state index contributed by atoms with van der Waals surface area (Å²) in [7, 11) is -3.95. The number of hydrogen-bond acceptors (Lipinski definition) is 7. The van der Waals surface area contributed by atoms with E-state index in [1.807, 2.05) is 30.3 Å². The zero-order valence-corrected chi connectivity index (χ0v) is 18.4.